The fourth-order valence-corrected chi connectivity index (χ4v) is 2.50. The smallest absolute Gasteiger partial charge is 0.332 e. The molecule has 1 aromatic rings. The number of aryl methyl sites for hydroxylation is 1. The van der Waals surface area contributed by atoms with E-state index in [-0.39, 0.29) is 11.6 Å². The Labute approximate surface area is 105 Å². The zero-order chi connectivity index (χ0) is 13.3. The van der Waals surface area contributed by atoms with Crippen LogP contribution in [0.25, 0.3) is 0 Å². The first-order valence-electron chi connectivity index (χ1n) is 6.02. The van der Waals surface area contributed by atoms with Crippen LogP contribution in [0, 0.1) is 17.0 Å². The lowest BCUT2D eigenvalue weighted by molar-refractivity contribution is -0.385. The molecule has 0 atom stereocenters. The van der Waals surface area contributed by atoms with Gasteiger partial charge in [-0.25, -0.2) is 4.98 Å². The van der Waals surface area contributed by atoms with Gasteiger partial charge >= 0.3 is 5.69 Å². The maximum Gasteiger partial charge on any atom is 0.332 e. The van der Waals surface area contributed by atoms with Crippen molar-refractivity contribution in [3.63, 3.8) is 0 Å². The predicted molar refractivity (Wildman–Crippen MR) is 68.5 cm³/mol. The minimum absolute atomic E-state index is 0.0430. The summed E-state index contributed by atoms with van der Waals surface area (Å²) in [5, 5.41) is 11.1. The van der Waals surface area contributed by atoms with E-state index in [0.29, 0.717) is 17.6 Å². The fraction of sp³-hybridized carbons (Fsp3) is 0.636. The predicted octanol–water partition coefficient (Wildman–Crippen LogP) is 1.65. The first kappa shape index (κ1) is 12.5. The Hall–Kier alpha value is -1.92. The molecule has 1 aromatic heterocycles. The van der Waals surface area contributed by atoms with Gasteiger partial charge in [-0.3, -0.25) is 10.1 Å². The lowest BCUT2D eigenvalue weighted by Gasteiger charge is -2.25. The van der Waals surface area contributed by atoms with Crippen molar-refractivity contribution < 1.29 is 4.92 Å². The molecule has 7 nitrogen and oxygen atoms in total. The Kier molecular flexibility index (Phi) is 3.31. The number of nitrogens with zero attached hydrogens (tertiary/aromatic N) is 4. The number of nitrogen functional groups attached to an aromatic ring is 1. The van der Waals surface area contributed by atoms with E-state index < -0.39 is 4.92 Å². The van der Waals surface area contributed by atoms with E-state index in [0.717, 1.165) is 25.7 Å². The lowest BCUT2D eigenvalue weighted by Crippen LogP contribution is -2.30. The maximum absolute atomic E-state index is 11.1. The summed E-state index contributed by atoms with van der Waals surface area (Å²) < 4.78 is 0. The first-order chi connectivity index (χ1) is 8.50. The summed E-state index contributed by atoms with van der Waals surface area (Å²) in [5.74, 6) is 0.412. The van der Waals surface area contributed by atoms with Crippen LogP contribution in [0.1, 0.15) is 31.4 Å². The Morgan fingerprint density at radius 1 is 1.39 bits per heavy atom. The highest BCUT2D eigenvalue weighted by atomic mass is 16.6. The molecule has 1 saturated carbocycles. The van der Waals surface area contributed by atoms with Gasteiger partial charge in [-0.1, -0.05) is 12.8 Å². The van der Waals surface area contributed by atoms with Crippen LogP contribution in [0.2, 0.25) is 0 Å². The highest BCUT2D eigenvalue weighted by molar-refractivity contribution is 5.62. The molecule has 0 aliphatic heterocycles. The number of hydrogen-bond donors (Lipinski definition) is 1. The highest BCUT2D eigenvalue weighted by Gasteiger charge is 2.29. The second kappa shape index (κ2) is 4.75. The van der Waals surface area contributed by atoms with Gasteiger partial charge in [0.1, 0.15) is 5.69 Å². The van der Waals surface area contributed by atoms with E-state index in [9.17, 15) is 10.1 Å². The summed E-state index contributed by atoms with van der Waals surface area (Å²) in [6.07, 6.45) is 4.39. The standard InChI is InChI=1S/C11H17N5O2/c1-7-9(16(17)18)10(14-11(12)13-7)15(2)8-5-3-4-6-8/h8H,3-6H2,1-2H3,(H2,12,13,14). The van der Waals surface area contributed by atoms with Crippen LogP contribution in [0.4, 0.5) is 17.5 Å². The van der Waals surface area contributed by atoms with E-state index in [4.69, 9.17) is 5.73 Å². The summed E-state index contributed by atoms with van der Waals surface area (Å²) in [6, 6.07) is 0.303. The topological polar surface area (TPSA) is 98.2 Å². The third-order valence-electron chi connectivity index (χ3n) is 3.45. The van der Waals surface area contributed by atoms with E-state index in [2.05, 4.69) is 9.97 Å². The number of rotatable bonds is 3. The molecule has 0 aromatic carbocycles. The van der Waals surface area contributed by atoms with Crippen molar-refractivity contribution in [3.05, 3.63) is 15.8 Å². The van der Waals surface area contributed by atoms with Crippen molar-refractivity contribution in [1.29, 1.82) is 0 Å². The molecule has 2 N–H and O–H groups in total. The lowest BCUT2D eigenvalue weighted by atomic mass is 10.2. The zero-order valence-corrected chi connectivity index (χ0v) is 10.6. The molecule has 1 aliphatic rings. The van der Waals surface area contributed by atoms with Gasteiger partial charge in [0, 0.05) is 13.1 Å². The first-order valence-corrected chi connectivity index (χ1v) is 6.02. The Balaban J connectivity index is 2.44. The van der Waals surface area contributed by atoms with E-state index >= 15 is 0 Å². The van der Waals surface area contributed by atoms with Gasteiger partial charge in [0.05, 0.1) is 4.92 Å². The molecule has 2 rings (SSSR count). The van der Waals surface area contributed by atoms with Gasteiger partial charge in [0.15, 0.2) is 0 Å². The van der Waals surface area contributed by atoms with Crippen LogP contribution in [-0.4, -0.2) is 28.0 Å². The average molecular weight is 251 g/mol. The number of nitro groups is 1. The molecule has 1 aliphatic carbocycles. The van der Waals surface area contributed by atoms with Crippen molar-refractivity contribution >= 4 is 17.5 Å². The Bertz CT molecular complexity index is 471. The number of anilines is 2. The van der Waals surface area contributed by atoms with Gasteiger partial charge < -0.3 is 10.6 Å². The molecular weight excluding hydrogens is 234 g/mol. The van der Waals surface area contributed by atoms with Crippen molar-refractivity contribution in [2.75, 3.05) is 17.7 Å². The molecule has 18 heavy (non-hydrogen) atoms. The summed E-state index contributed by atoms with van der Waals surface area (Å²) in [6.45, 7) is 1.59. The van der Waals surface area contributed by atoms with Crippen molar-refractivity contribution in [2.24, 2.45) is 0 Å². The van der Waals surface area contributed by atoms with Gasteiger partial charge in [-0.05, 0) is 19.8 Å². The Morgan fingerprint density at radius 3 is 2.56 bits per heavy atom. The van der Waals surface area contributed by atoms with Gasteiger partial charge in [0.2, 0.25) is 11.8 Å². The largest absolute Gasteiger partial charge is 0.368 e. The van der Waals surface area contributed by atoms with Gasteiger partial charge in [0.25, 0.3) is 0 Å². The minimum atomic E-state index is -0.435. The molecular formula is C11H17N5O2. The van der Waals surface area contributed by atoms with Crippen LogP contribution >= 0.6 is 0 Å². The van der Waals surface area contributed by atoms with Gasteiger partial charge in [-0.2, -0.15) is 4.98 Å². The Morgan fingerprint density at radius 2 is 2.00 bits per heavy atom. The molecule has 0 unspecified atom stereocenters. The summed E-state index contributed by atoms with van der Waals surface area (Å²) in [4.78, 5) is 20.5. The fourth-order valence-electron chi connectivity index (χ4n) is 2.50. The molecule has 1 fully saturated rings. The maximum atomic E-state index is 11.1. The summed E-state index contributed by atoms with van der Waals surface area (Å²) >= 11 is 0. The van der Waals surface area contributed by atoms with Crippen molar-refractivity contribution in [3.8, 4) is 0 Å². The zero-order valence-electron chi connectivity index (χ0n) is 10.6. The molecule has 0 saturated heterocycles. The summed E-state index contributed by atoms with van der Waals surface area (Å²) in [7, 11) is 1.84. The van der Waals surface area contributed by atoms with Gasteiger partial charge in [-0.15, -0.1) is 0 Å². The molecule has 1 heterocycles. The molecule has 0 spiro atoms. The summed E-state index contributed by atoms with van der Waals surface area (Å²) in [5.41, 5.74) is 5.86. The average Bonchev–Trinajstić information content (AvgIpc) is 2.79. The van der Waals surface area contributed by atoms with E-state index in [1.54, 1.807) is 6.92 Å². The highest BCUT2D eigenvalue weighted by Crippen LogP contribution is 2.33. The van der Waals surface area contributed by atoms with E-state index in [1.807, 2.05) is 11.9 Å². The third-order valence-corrected chi connectivity index (χ3v) is 3.45. The molecule has 0 amide bonds. The van der Waals surface area contributed by atoms with Crippen molar-refractivity contribution in [2.45, 2.75) is 38.6 Å². The van der Waals surface area contributed by atoms with Crippen LogP contribution in [-0.2, 0) is 0 Å². The number of aromatic nitrogens is 2. The quantitative estimate of drug-likeness (QED) is 0.648. The minimum Gasteiger partial charge on any atom is -0.368 e. The molecule has 7 heteroatoms. The molecule has 0 radical (unpaired) electrons. The van der Waals surface area contributed by atoms with E-state index in [1.165, 1.54) is 0 Å². The van der Waals surface area contributed by atoms with Crippen LogP contribution < -0.4 is 10.6 Å². The molecule has 98 valence electrons. The molecule has 0 bridgehead atoms. The van der Waals surface area contributed by atoms with Crippen molar-refractivity contribution in [1.82, 2.24) is 9.97 Å². The third kappa shape index (κ3) is 2.20. The second-order valence-corrected chi connectivity index (χ2v) is 4.65. The van der Waals surface area contributed by atoms with Crippen LogP contribution in [0.3, 0.4) is 0 Å². The number of nitrogens with two attached hydrogens (primary N) is 1. The monoisotopic (exact) mass is 251 g/mol. The van der Waals surface area contributed by atoms with Crippen LogP contribution in [0.15, 0.2) is 0 Å². The second-order valence-electron chi connectivity index (χ2n) is 4.65. The normalized spacial score (nSPS) is 15.9. The SMILES string of the molecule is Cc1nc(N)nc(N(C)C2CCCC2)c1[N+](=O)[O-]. The van der Waals surface area contributed by atoms with Crippen LogP contribution in [0.5, 0.6) is 0 Å². The number of hydrogen-bond acceptors (Lipinski definition) is 6.